The summed E-state index contributed by atoms with van der Waals surface area (Å²) >= 11 is 0. The number of H-pyrrole nitrogens is 1. The molecule has 1 heterocycles. The maximum absolute atomic E-state index is 13.2. The highest BCUT2D eigenvalue weighted by molar-refractivity contribution is 5.83. The third-order valence-corrected chi connectivity index (χ3v) is 4.25. The average Bonchev–Trinajstić information content (AvgIpc) is 2.99. The van der Waals surface area contributed by atoms with Crippen LogP contribution in [0.4, 0.5) is 4.39 Å². The fourth-order valence-electron chi connectivity index (χ4n) is 2.77. The molecule has 0 bridgehead atoms. The van der Waals surface area contributed by atoms with Crippen molar-refractivity contribution in [3.05, 3.63) is 35.8 Å². The first-order chi connectivity index (χ1) is 11.7. The van der Waals surface area contributed by atoms with E-state index in [4.69, 9.17) is 0 Å². The summed E-state index contributed by atoms with van der Waals surface area (Å²) in [6.07, 6.45) is 2.80. The Labute approximate surface area is 143 Å². The van der Waals surface area contributed by atoms with Gasteiger partial charge in [0.2, 0.25) is 0 Å². The van der Waals surface area contributed by atoms with Crippen LogP contribution >= 0.6 is 0 Å². The van der Waals surface area contributed by atoms with E-state index in [-0.39, 0.29) is 5.82 Å². The van der Waals surface area contributed by atoms with Gasteiger partial charge >= 0.3 is 0 Å². The van der Waals surface area contributed by atoms with Crippen LogP contribution in [0.1, 0.15) is 19.4 Å². The second-order valence-electron chi connectivity index (χ2n) is 5.71. The smallest absolute Gasteiger partial charge is 0.191 e. The largest absolute Gasteiger partial charge is 0.361 e. The van der Waals surface area contributed by atoms with Gasteiger partial charge in [-0.1, -0.05) is 13.8 Å². The molecule has 0 spiro atoms. The number of nitrogens with one attached hydrogen (secondary N) is 3. The van der Waals surface area contributed by atoms with Crippen LogP contribution in [0.25, 0.3) is 10.9 Å². The zero-order chi connectivity index (χ0) is 17.4. The van der Waals surface area contributed by atoms with E-state index in [2.05, 4.69) is 39.4 Å². The van der Waals surface area contributed by atoms with E-state index in [0.717, 1.165) is 56.0 Å². The van der Waals surface area contributed by atoms with Crippen molar-refractivity contribution in [3.63, 3.8) is 0 Å². The molecule has 2 rings (SSSR count). The number of aromatic nitrogens is 1. The van der Waals surface area contributed by atoms with Crippen molar-refractivity contribution in [1.29, 1.82) is 0 Å². The van der Waals surface area contributed by atoms with Crippen molar-refractivity contribution in [2.24, 2.45) is 4.99 Å². The summed E-state index contributed by atoms with van der Waals surface area (Å²) in [6.45, 7) is 9.11. The standard InChI is InChI=1S/C18H28FN5/c1-4-24(5-2)11-10-22-18(20-3)21-9-8-14-13-23-17-12-15(19)6-7-16(14)17/h6-7,12-13,23H,4-5,8-11H2,1-3H3,(H2,20,21,22). The molecule has 0 aliphatic rings. The normalized spacial score (nSPS) is 12.1. The van der Waals surface area contributed by atoms with Gasteiger partial charge in [-0.25, -0.2) is 4.39 Å². The maximum Gasteiger partial charge on any atom is 0.191 e. The predicted octanol–water partition coefficient (Wildman–Crippen LogP) is 2.36. The van der Waals surface area contributed by atoms with Gasteiger partial charge in [0.1, 0.15) is 5.82 Å². The van der Waals surface area contributed by atoms with E-state index < -0.39 is 0 Å². The maximum atomic E-state index is 13.2. The van der Waals surface area contributed by atoms with E-state index in [1.165, 1.54) is 17.7 Å². The molecular formula is C18H28FN5. The monoisotopic (exact) mass is 333 g/mol. The van der Waals surface area contributed by atoms with Crippen molar-refractivity contribution in [1.82, 2.24) is 20.5 Å². The summed E-state index contributed by atoms with van der Waals surface area (Å²) in [5.41, 5.74) is 2.02. The van der Waals surface area contributed by atoms with Crippen molar-refractivity contribution in [3.8, 4) is 0 Å². The summed E-state index contributed by atoms with van der Waals surface area (Å²) in [4.78, 5) is 9.74. The fraction of sp³-hybridized carbons (Fsp3) is 0.500. The highest BCUT2D eigenvalue weighted by atomic mass is 19.1. The number of rotatable bonds is 8. The van der Waals surface area contributed by atoms with Gasteiger partial charge in [0.15, 0.2) is 5.96 Å². The number of benzene rings is 1. The van der Waals surface area contributed by atoms with Crippen LogP contribution in [0.3, 0.4) is 0 Å². The molecule has 132 valence electrons. The second-order valence-corrected chi connectivity index (χ2v) is 5.71. The number of hydrogen-bond acceptors (Lipinski definition) is 2. The van der Waals surface area contributed by atoms with Gasteiger partial charge in [0, 0.05) is 43.8 Å². The lowest BCUT2D eigenvalue weighted by Gasteiger charge is -2.19. The predicted molar refractivity (Wildman–Crippen MR) is 99.1 cm³/mol. The molecule has 0 radical (unpaired) electrons. The molecule has 0 fully saturated rings. The Balaban J connectivity index is 1.79. The molecule has 3 N–H and O–H groups in total. The number of nitrogens with zero attached hydrogens (tertiary/aromatic N) is 2. The summed E-state index contributed by atoms with van der Waals surface area (Å²) in [7, 11) is 1.78. The summed E-state index contributed by atoms with van der Waals surface area (Å²) in [6, 6.07) is 4.86. The minimum Gasteiger partial charge on any atom is -0.361 e. The Hall–Kier alpha value is -2.08. The lowest BCUT2D eigenvalue weighted by molar-refractivity contribution is 0.308. The number of hydrogen-bond donors (Lipinski definition) is 3. The van der Waals surface area contributed by atoms with Crippen LogP contribution in [0, 0.1) is 5.82 Å². The van der Waals surface area contributed by atoms with Crippen molar-refractivity contribution in [2.75, 3.05) is 39.8 Å². The number of halogens is 1. The first-order valence-corrected chi connectivity index (χ1v) is 8.60. The minimum atomic E-state index is -0.216. The van der Waals surface area contributed by atoms with Crippen LogP contribution < -0.4 is 10.6 Å². The lowest BCUT2D eigenvalue weighted by Crippen LogP contribution is -2.42. The highest BCUT2D eigenvalue weighted by Gasteiger charge is 2.05. The Morgan fingerprint density at radius 1 is 1.21 bits per heavy atom. The topological polar surface area (TPSA) is 55.4 Å². The summed E-state index contributed by atoms with van der Waals surface area (Å²) in [5.74, 6) is 0.597. The van der Waals surface area contributed by atoms with Gasteiger partial charge < -0.3 is 20.5 Å². The van der Waals surface area contributed by atoms with Crippen LogP contribution in [0.15, 0.2) is 29.4 Å². The zero-order valence-corrected chi connectivity index (χ0v) is 14.8. The van der Waals surface area contributed by atoms with Crippen LogP contribution in [0.5, 0.6) is 0 Å². The quantitative estimate of drug-likeness (QED) is 0.513. The molecule has 0 unspecified atom stereocenters. The van der Waals surface area contributed by atoms with E-state index in [1.54, 1.807) is 7.05 Å². The van der Waals surface area contributed by atoms with Crippen LogP contribution in [-0.4, -0.2) is 55.6 Å². The number of aliphatic imine (C=N–C) groups is 1. The Morgan fingerprint density at radius 2 is 1.96 bits per heavy atom. The molecule has 24 heavy (non-hydrogen) atoms. The van der Waals surface area contributed by atoms with Gasteiger partial charge in [-0.15, -0.1) is 0 Å². The second kappa shape index (κ2) is 9.27. The summed E-state index contributed by atoms with van der Waals surface area (Å²) < 4.78 is 13.2. The van der Waals surface area contributed by atoms with E-state index in [0.29, 0.717) is 0 Å². The Bertz CT molecular complexity index is 660. The van der Waals surface area contributed by atoms with Gasteiger partial charge in [0.25, 0.3) is 0 Å². The van der Waals surface area contributed by atoms with Gasteiger partial charge in [-0.05, 0) is 43.3 Å². The summed E-state index contributed by atoms with van der Waals surface area (Å²) in [5, 5.41) is 7.73. The van der Waals surface area contributed by atoms with Gasteiger partial charge in [-0.2, -0.15) is 0 Å². The molecule has 0 atom stereocenters. The Kier molecular flexibility index (Phi) is 7.06. The zero-order valence-electron chi connectivity index (χ0n) is 14.8. The molecular weight excluding hydrogens is 305 g/mol. The fourth-order valence-corrected chi connectivity index (χ4v) is 2.77. The highest BCUT2D eigenvalue weighted by Crippen LogP contribution is 2.19. The van der Waals surface area contributed by atoms with Crippen molar-refractivity contribution < 1.29 is 4.39 Å². The lowest BCUT2D eigenvalue weighted by atomic mass is 10.1. The molecule has 6 heteroatoms. The molecule has 0 aliphatic heterocycles. The first-order valence-electron chi connectivity index (χ1n) is 8.60. The van der Waals surface area contributed by atoms with Crippen molar-refractivity contribution >= 4 is 16.9 Å². The number of guanidine groups is 1. The molecule has 5 nitrogen and oxygen atoms in total. The molecule has 2 aromatic rings. The number of likely N-dealkylation sites (N-methyl/N-ethyl adjacent to an activating group) is 1. The molecule has 0 aliphatic carbocycles. The number of fused-ring (bicyclic) bond motifs is 1. The average molecular weight is 333 g/mol. The molecule has 1 aromatic heterocycles. The molecule has 0 saturated carbocycles. The molecule has 0 amide bonds. The number of aromatic amines is 1. The minimum absolute atomic E-state index is 0.216. The third kappa shape index (κ3) is 4.96. The molecule has 0 saturated heterocycles. The van der Waals surface area contributed by atoms with Gasteiger partial charge in [0.05, 0.1) is 0 Å². The molecule has 1 aromatic carbocycles. The first kappa shape index (κ1) is 18.3. The van der Waals surface area contributed by atoms with Crippen molar-refractivity contribution in [2.45, 2.75) is 20.3 Å². The van der Waals surface area contributed by atoms with E-state index in [1.807, 2.05) is 12.3 Å². The SMILES string of the molecule is CCN(CC)CCNC(=NC)NCCc1c[nH]c2cc(F)ccc12. The van der Waals surface area contributed by atoms with Gasteiger partial charge in [-0.3, -0.25) is 4.99 Å². The Morgan fingerprint density at radius 3 is 2.67 bits per heavy atom. The third-order valence-electron chi connectivity index (χ3n) is 4.25. The van der Waals surface area contributed by atoms with Crippen LogP contribution in [-0.2, 0) is 6.42 Å². The van der Waals surface area contributed by atoms with Crippen LogP contribution in [0.2, 0.25) is 0 Å². The van der Waals surface area contributed by atoms with E-state index in [9.17, 15) is 4.39 Å². The van der Waals surface area contributed by atoms with E-state index >= 15 is 0 Å².